The minimum atomic E-state index is -0.200. The fourth-order valence-electron chi connectivity index (χ4n) is 2.62. The van der Waals surface area contributed by atoms with Gasteiger partial charge in [0.15, 0.2) is 0 Å². The maximum Gasteiger partial charge on any atom is 0.271 e. The molecule has 2 aromatic heterocycles. The van der Waals surface area contributed by atoms with Gasteiger partial charge in [-0.3, -0.25) is 9.78 Å². The fourth-order valence-corrected chi connectivity index (χ4v) is 3.42. The maximum atomic E-state index is 12.5. The van der Waals surface area contributed by atoms with Crippen molar-refractivity contribution in [1.82, 2.24) is 15.3 Å². The molecule has 0 spiro atoms. The molecule has 0 aliphatic rings. The first kappa shape index (κ1) is 20.0. The molecule has 0 bridgehead atoms. The molecule has 3 rings (SSSR count). The molecule has 7 heteroatoms. The van der Waals surface area contributed by atoms with Gasteiger partial charge in [-0.2, -0.15) is 0 Å². The van der Waals surface area contributed by atoms with Crippen molar-refractivity contribution in [2.24, 2.45) is 0 Å². The topological polar surface area (TPSA) is 73.3 Å². The standard InChI is InChI=1S/C21H23N3O3S/c1-4-26-15(3)21-24-19(13-28-21)20(25)23-14(2)16-7-9-17(10-8-16)27-18-6-5-11-22-12-18/h5-15H,4H2,1-3H3,(H,23,25). The number of thiazole rings is 1. The number of hydrogen-bond acceptors (Lipinski definition) is 6. The van der Waals surface area contributed by atoms with E-state index >= 15 is 0 Å². The molecule has 0 saturated heterocycles. The van der Waals surface area contributed by atoms with Crippen LogP contribution in [-0.4, -0.2) is 22.5 Å². The first-order chi connectivity index (χ1) is 13.6. The molecule has 0 saturated carbocycles. The van der Waals surface area contributed by atoms with Gasteiger partial charge in [0, 0.05) is 18.2 Å². The van der Waals surface area contributed by atoms with Crippen molar-refractivity contribution in [2.45, 2.75) is 32.9 Å². The molecule has 0 aliphatic carbocycles. The zero-order valence-electron chi connectivity index (χ0n) is 16.1. The minimum absolute atomic E-state index is 0.110. The van der Waals surface area contributed by atoms with E-state index < -0.39 is 0 Å². The molecule has 1 amide bonds. The summed E-state index contributed by atoms with van der Waals surface area (Å²) in [4.78, 5) is 20.9. The van der Waals surface area contributed by atoms with Gasteiger partial charge in [-0.25, -0.2) is 4.98 Å². The lowest BCUT2D eigenvalue weighted by molar-refractivity contribution is 0.0759. The number of carbonyl (C=O) groups is 1. The second-order valence-electron chi connectivity index (χ2n) is 6.22. The van der Waals surface area contributed by atoms with Gasteiger partial charge in [-0.1, -0.05) is 12.1 Å². The van der Waals surface area contributed by atoms with Gasteiger partial charge >= 0.3 is 0 Å². The summed E-state index contributed by atoms with van der Waals surface area (Å²) in [6.45, 7) is 6.42. The van der Waals surface area contributed by atoms with Crippen molar-refractivity contribution in [3.8, 4) is 11.5 Å². The number of ether oxygens (including phenoxy) is 2. The van der Waals surface area contributed by atoms with Gasteiger partial charge in [0.2, 0.25) is 0 Å². The molecule has 6 nitrogen and oxygen atoms in total. The van der Waals surface area contributed by atoms with Crippen LogP contribution in [0.15, 0.2) is 54.2 Å². The first-order valence-corrected chi connectivity index (χ1v) is 10.0. The third kappa shape index (κ3) is 5.15. The Hall–Kier alpha value is -2.77. The predicted molar refractivity (Wildman–Crippen MR) is 109 cm³/mol. The highest BCUT2D eigenvalue weighted by Crippen LogP contribution is 2.24. The van der Waals surface area contributed by atoms with E-state index in [1.807, 2.05) is 57.2 Å². The Kier molecular flexibility index (Phi) is 6.73. The van der Waals surface area contributed by atoms with E-state index in [1.165, 1.54) is 11.3 Å². The van der Waals surface area contributed by atoms with Gasteiger partial charge < -0.3 is 14.8 Å². The highest BCUT2D eigenvalue weighted by atomic mass is 32.1. The molecule has 0 aliphatic heterocycles. The highest BCUT2D eigenvalue weighted by molar-refractivity contribution is 7.09. The Bertz CT molecular complexity index is 897. The van der Waals surface area contributed by atoms with E-state index in [2.05, 4.69) is 15.3 Å². The molecule has 2 heterocycles. The molecule has 0 radical (unpaired) electrons. The van der Waals surface area contributed by atoms with Crippen molar-refractivity contribution in [3.63, 3.8) is 0 Å². The number of amides is 1. The van der Waals surface area contributed by atoms with Crippen LogP contribution < -0.4 is 10.1 Å². The van der Waals surface area contributed by atoms with Crippen LogP contribution in [-0.2, 0) is 4.74 Å². The molecule has 1 aromatic carbocycles. The number of benzene rings is 1. The van der Waals surface area contributed by atoms with Crippen LogP contribution in [0.2, 0.25) is 0 Å². The summed E-state index contributed by atoms with van der Waals surface area (Å²) in [7, 11) is 0. The molecule has 146 valence electrons. The first-order valence-electron chi connectivity index (χ1n) is 9.12. The smallest absolute Gasteiger partial charge is 0.271 e. The van der Waals surface area contributed by atoms with Crippen LogP contribution >= 0.6 is 11.3 Å². The van der Waals surface area contributed by atoms with E-state index in [-0.39, 0.29) is 18.1 Å². The fraction of sp³-hybridized carbons (Fsp3) is 0.286. The molecular formula is C21H23N3O3S. The van der Waals surface area contributed by atoms with E-state index in [0.29, 0.717) is 23.8 Å². The second kappa shape index (κ2) is 9.43. The van der Waals surface area contributed by atoms with Gasteiger partial charge in [0.25, 0.3) is 5.91 Å². The van der Waals surface area contributed by atoms with Crippen molar-refractivity contribution in [2.75, 3.05) is 6.61 Å². The Labute approximate surface area is 168 Å². The monoisotopic (exact) mass is 397 g/mol. The SMILES string of the molecule is CCOC(C)c1nc(C(=O)NC(C)c2ccc(Oc3cccnc3)cc2)cs1. The Balaban J connectivity index is 1.59. The van der Waals surface area contributed by atoms with Gasteiger partial charge in [-0.15, -0.1) is 11.3 Å². The van der Waals surface area contributed by atoms with Crippen molar-refractivity contribution >= 4 is 17.2 Å². The zero-order chi connectivity index (χ0) is 19.9. The van der Waals surface area contributed by atoms with E-state index in [4.69, 9.17) is 9.47 Å². The normalized spacial score (nSPS) is 13.0. The number of aromatic nitrogens is 2. The summed E-state index contributed by atoms with van der Waals surface area (Å²) in [5, 5.41) is 5.54. The van der Waals surface area contributed by atoms with Crippen LogP contribution in [0.25, 0.3) is 0 Å². The van der Waals surface area contributed by atoms with E-state index in [1.54, 1.807) is 17.8 Å². The van der Waals surface area contributed by atoms with Gasteiger partial charge in [0.1, 0.15) is 28.3 Å². The van der Waals surface area contributed by atoms with E-state index in [0.717, 1.165) is 10.6 Å². The Morgan fingerprint density at radius 3 is 2.64 bits per heavy atom. The summed E-state index contributed by atoms with van der Waals surface area (Å²) in [6, 6.07) is 11.1. The van der Waals surface area contributed by atoms with Gasteiger partial charge in [-0.05, 0) is 50.6 Å². The minimum Gasteiger partial charge on any atom is -0.456 e. The number of hydrogen-bond donors (Lipinski definition) is 1. The lowest BCUT2D eigenvalue weighted by atomic mass is 10.1. The molecule has 1 N–H and O–H groups in total. The maximum absolute atomic E-state index is 12.5. The zero-order valence-corrected chi connectivity index (χ0v) is 16.9. The number of nitrogens with zero attached hydrogens (tertiary/aromatic N) is 2. The molecule has 3 aromatic rings. The summed E-state index contributed by atoms with van der Waals surface area (Å²) in [6.07, 6.45) is 3.25. The Morgan fingerprint density at radius 1 is 1.18 bits per heavy atom. The summed E-state index contributed by atoms with van der Waals surface area (Å²) in [5.74, 6) is 1.19. The summed E-state index contributed by atoms with van der Waals surface area (Å²) >= 11 is 1.43. The molecule has 0 fully saturated rings. The van der Waals surface area contributed by atoms with Crippen LogP contribution in [0.3, 0.4) is 0 Å². The van der Waals surface area contributed by atoms with Crippen molar-refractivity contribution < 1.29 is 14.3 Å². The number of nitrogens with one attached hydrogen (secondary N) is 1. The van der Waals surface area contributed by atoms with Crippen LogP contribution in [0.4, 0.5) is 0 Å². The van der Waals surface area contributed by atoms with Crippen LogP contribution in [0, 0.1) is 0 Å². The third-order valence-corrected chi connectivity index (χ3v) is 5.12. The molecule has 2 unspecified atom stereocenters. The summed E-state index contributed by atoms with van der Waals surface area (Å²) < 4.78 is 11.3. The van der Waals surface area contributed by atoms with Crippen molar-refractivity contribution in [3.05, 3.63) is 70.4 Å². The largest absolute Gasteiger partial charge is 0.456 e. The highest BCUT2D eigenvalue weighted by Gasteiger charge is 2.17. The lowest BCUT2D eigenvalue weighted by Crippen LogP contribution is -2.27. The predicted octanol–water partition coefficient (Wildman–Crippen LogP) is 4.92. The number of pyridine rings is 1. The molecular weight excluding hydrogens is 374 g/mol. The quantitative estimate of drug-likeness (QED) is 0.584. The average molecular weight is 398 g/mol. The van der Waals surface area contributed by atoms with Crippen LogP contribution in [0.5, 0.6) is 11.5 Å². The third-order valence-electron chi connectivity index (χ3n) is 4.12. The van der Waals surface area contributed by atoms with E-state index in [9.17, 15) is 4.79 Å². The lowest BCUT2D eigenvalue weighted by Gasteiger charge is -2.14. The number of rotatable bonds is 8. The summed E-state index contributed by atoms with van der Waals surface area (Å²) in [5.41, 5.74) is 1.39. The second-order valence-corrected chi connectivity index (χ2v) is 7.11. The van der Waals surface area contributed by atoms with Gasteiger partial charge in [0.05, 0.1) is 12.2 Å². The van der Waals surface area contributed by atoms with Crippen LogP contribution in [0.1, 0.15) is 54.0 Å². The molecule has 2 atom stereocenters. The molecule has 28 heavy (non-hydrogen) atoms. The number of carbonyl (C=O) groups excluding carboxylic acids is 1. The average Bonchev–Trinajstić information content (AvgIpc) is 3.20. The van der Waals surface area contributed by atoms with Crippen molar-refractivity contribution in [1.29, 1.82) is 0 Å². The Morgan fingerprint density at radius 2 is 1.96 bits per heavy atom.